The number of anilines is 1. The second-order valence-corrected chi connectivity index (χ2v) is 6.34. The van der Waals surface area contributed by atoms with Crippen molar-refractivity contribution in [1.29, 1.82) is 0 Å². The zero-order chi connectivity index (χ0) is 16.6. The van der Waals surface area contributed by atoms with Crippen molar-refractivity contribution in [3.63, 3.8) is 0 Å². The molecule has 1 amide bonds. The van der Waals surface area contributed by atoms with Crippen LogP contribution in [0.1, 0.15) is 21.5 Å². The summed E-state index contributed by atoms with van der Waals surface area (Å²) >= 11 is 3.34. The molecule has 0 fully saturated rings. The minimum Gasteiger partial charge on any atom is -0.322 e. The van der Waals surface area contributed by atoms with Crippen LogP contribution in [0.2, 0.25) is 0 Å². The van der Waals surface area contributed by atoms with Gasteiger partial charge in [-0.3, -0.25) is 9.59 Å². The average molecular weight is 371 g/mol. The Morgan fingerprint density at radius 2 is 1.74 bits per heavy atom. The fourth-order valence-corrected chi connectivity index (χ4v) is 2.71. The van der Waals surface area contributed by atoms with Crippen LogP contribution >= 0.6 is 15.9 Å². The molecule has 2 N–H and O–H groups in total. The van der Waals surface area contributed by atoms with E-state index in [1.165, 1.54) is 0 Å². The lowest BCUT2D eigenvalue weighted by atomic mass is 10.1. The van der Waals surface area contributed by atoms with Gasteiger partial charge in [-0.1, -0.05) is 22.0 Å². The number of hydrogen-bond acceptors (Lipinski definition) is 2. The highest BCUT2D eigenvalue weighted by molar-refractivity contribution is 9.10. The quantitative estimate of drug-likeness (QED) is 0.711. The van der Waals surface area contributed by atoms with E-state index in [2.05, 4.69) is 26.2 Å². The normalized spacial score (nSPS) is 10.7. The first-order chi connectivity index (χ1) is 11.0. The van der Waals surface area contributed by atoms with E-state index in [1.807, 2.05) is 31.2 Å². The van der Waals surface area contributed by atoms with Gasteiger partial charge < -0.3 is 10.3 Å². The Morgan fingerprint density at radius 3 is 2.43 bits per heavy atom. The number of pyridine rings is 1. The van der Waals surface area contributed by atoms with Crippen LogP contribution in [0.3, 0.4) is 0 Å². The minimum atomic E-state index is -0.192. The van der Waals surface area contributed by atoms with Crippen LogP contribution in [-0.4, -0.2) is 10.9 Å². The predicted octanol–water partition coefficient (Wildman–Crippen LogP) is 4.16. The zero-order valence-corrected chi connectivity index (χ0v) is 14.3. The molecule has 1 aromatic heterocycles. The number of aromatic amines is 1. The molecule has 0 atom stereocenters. The van der Waals surface area contributed by atoms with Gasteiger partial charge in [-0.2, -0.15) is 0 Å². The SMILES string of the molecule is Cc1c(C)c2ccc(NC(=O)c3ccc(Br)cc3)cc2[nH]c1=O. The maximum atomic E-state index is 12.3. The molecule has 5 heteroatoms. The number of benzene rings is 2. The van der Waals surface area contributed by atoms with Crippen LogP contribution in [0, 0.1) is 13.8 Å². The van der Waals surface area contributed by atoms with Gasteiger partial charge >= 0.3 is 0 Å². The van der Waals surface area contributed by atoms with Crippen molar-refractivity contribution < 1.29 is 4.79 Å². The number of rotatable bonds is 2. The highest BCUT2D eigenvalue weighted by Crippen LogP contribution is 2.21. The molecule has 0 aliphatic heterocycles. The van der Waals surface area contributed by atoms with Crippen molar-refractivity contribution in [2.24, 2.45) is 0 Å². The predicted molar refractivity (Wildman–Crippen MR) is 96.1 cm³/mol. The number of halogens is 1. The third-order valence-electron chi connectivity index (χ3n) is 3.94. The average Bonchev–Trinajstić information content (AvgIpc) is 2.53. The smallest absolute Gasteiger partial charge is 0.255 e. The summed E-state index contributed by atoms with van der Waals surface area (Å²) in [6.07, 6.45) is 0. The fourth-order valence-electron chi connectivity index (χ4n) is 2.45. The highest BCUT2D eigenvalue weighted by atomic mass is 79.9. The van der Waals surface area contributed by atoms with Crippen molar-refractivity contribution in [1.82, 2.24) is 4.98 Å². The molecule has 1 heterocycles. The molecule has 0 aliphatic rings. The molecule has 0 saturated carbocycles. The Bertz CT molecular complexity index is 959. The van der Waals surface area contributed by atoms with Crippen molar-refractivity contribution >= 4 is 38.4 Å². The Kier molecular flexibility index (Phi) is 4.05. The lowest BCUT2D eigenvalue weighted by Gasteiger charge is -2.09. The number of aryl methyl sites for hydroxylation is 1. The molecule has 3 aromatic rings. The highest BCUT2D eigenvalue weighted by Gasteiger charge is 2.09. The van der Waals surface area contributed by atoms with Gasteiger partial charge in [-0.25, -0.2) is 0 Å². The van der Waals surface area contributed by atoms with Crippen molar-refractivity contribution in [2.75, 3.05) is 5.32 Å². The van der Waals surface area contributed by atoms with Gasteiger partial charge in [-0.05, 0) is 55.8 Å². The number of aromatic nitrogens is 1. The van der Waals surface area contributed by atoms with Crippen molar-refractivity contribution in [2.45, 2.75) is 13.8 Å². The summed E-state index contributed by atoms with van der Waals surface area (Å²) in [6, 6.07) is 12.7. The van der Waals surface area contributed by atoms with Crippen LogP contribution in [-0.2, 0) is 0 Å². The summed E-state index contributed by atoms with van der Waals surface area (Å²) < 4.78 is 0.920. The third kappa shape index (κ3) is 3.05. The standard InChI is InChI=1S/C18H15BrN2O2/c1-10-11(2)17(22)21-16-9-14(7-8-15(10)16)20-18(23)12-3-5-13(19)6-4-12/h3-9H,1-2H3,(H,20,23)(H,21,22). The van der Waals surface area contributed by atoms with Gasteiger partial charge in [0, 0.05) is 26.7 Å². The third-order valence-corrected chi connectivity index (χ3v) is 4.47. The van der Waals surface area contributed by atoms with E-state index in [-0.39, 0.29) is 11.5 Å². The number of H-pyrrole nitrogens is 1. The molecule has 0 aliphatic carbocycles. The summed E-state index contributed by atoms with van der Waals surface area (Å²) in [5.74, 6) is -0.192. The minimum absolute atomic E-state index is 0.105. The largest absolute Gasteiger partial charge is 0.322 e. The Labute approximate surface area is 141 Å². The number of nitrogens with one attached hydrogen (secondary N) is 2. The molecular weight excluding hydrogens is 356 g/mol. The van der Waals surface area contributed by atoms with Crippen LogP contribution < -0.4 is 10.9 Å². The van der Waals surface area contributed by atoms with E-state index in [1.54, 1.807) is 25.1 Å². The molecule has 4 nitrogen and oxygen atoms in total. The van der Waals surface area contributed by atoms with Gasteiger partial charge in [-0.15, -0.1) is 0 Å². The molecule has 2 aromatic carbocycles. The monoisotopic (exact) mass is 370 g/mol. The number of fused-ring (bicyclic) bond motifs is 1. The van der Waals surface area contributed by atoms with Crippen LogP contribution in [0.4, 0.5) is 5.69 Å². The van der Waals surface area contributed by atoms with E-state index in [0.29, 0.717) is 22.3 Å². The van der Waals surface area contributed by atoms with Gasteiger partial charge in [0.1, 0.15) is 0 Å². The Balaban J connectivity index is 1.95. The topological polar surface area (TPSA) is 62.0 Å². The van der Waals surface area contributed by atoms with E-state index in [0.717, 1.165) is 15.4 Å². The van der Waals surface area contributed by atoms with Gasteiger partial charge in [0.05, 0.1) is 5.52 Å². The van der Waals surface area contributed by atoms with E-state index >= 15 is 0 Å². The van der Waals surface area contributed by atoms with Crippen LogP contribution in [0.5, 0.6) is 0 Å². The second kappa shape index (κ2) is 6.01. The molecule has 23 heavy (non-hydrogen) atoms. The first-order valence-corrected chi connectivity index (χ1v) is 7.95. The second-order valence-electron chi connectivity index (χ2n) is 5.43. The molecule has 0 spiro atoms. The summed E-state index contributed by atoms with van der Waals surface area (Å²) in [7, 11) is 0. The number of carbonyl (C=O) groups excluding carboxylic acids is 1. The maximum absolute atomic E-state index is 12.3. The number of amides is 1. The molecule has 0 radical (unpaired) electrons. The van der Waals surface area contributed by atoms with Crippen LogP contribution in [0.25, 0.3) is 10.9 Å². The lowest BCUT2D eigenvalue weighted by molar-refractivity contribution is 0.102. The Morgan fingerprint density at radius 1 is 1.04 bits per heavy atom. The summed E-state index contributed by atoms with van der Waals surface area (Å²) in [5, 5.41) is 3.82. The van der Waals surface area contributed by atoms with Crippen LogP contribution in [0.15, 0.2) is 51.7 Å². The molecule has 116 valence electrons. The Hall–Kier alpha value is -2.40. The summed E-state index contributed by atoms with van der Waals surface area (Å²) in [6.45, 7) is 3.73. The van der Waals surface area contributed by atoms with E-state index in [4.69, 9.17) is 0 Å². The first kappa shape index (κ1) is 15.5. The molecule has 3 rings (SSSR count). The summed E-state index contributed by atoms with van der Waals surface area (Å²) in [4.78, 5) is 27.0. The number of hydrogen-bond donors (Lipinski definition) is 2. The molecule has 0 unspecified atom stereocenters. The van der Waals surface area contributed by atoms with Crippen molar-refractivity contribution in [3.05, 3.63) is 74.0 Å². The molecular formula is C18H15BrN2O2. The lowest BCUT2D eigenvalue weighted by Crippen LogP contribution is -2.13. The van der Waals surface area contributed by atoms with Gasteiger partial charge in [0.25, 0.3) is 11.5 Å². The summed E-state index contributed by atoms with van der Waals surface area (Å²) in [5.41, 5.74) is 3.49. The molecule has 0 bridgehead atoms. The number of carbonyl (C=O) groups is 1. The van der Waals surface area contributed by atoms with Crippen molar-refractivity contribution in [3.8, 4) is 0 Å². The van der Waals surface area contributed by atoms with Gasteiger partial charge in [0.2, 0.25) is 0 Å². The first-order valence-electron chi connectivity index (χ1n) is 7.16. The van der Waals surface area contributed by atoms with Gasteiger partial charge in [0.15, 0.2) is 0 Å². The molecule has 0 saturated heterocycles. The fraction of sp³-hybridized carbons (Fsp3) is 0.111. The van der Waals surface area contributed by atoms with E-state index < -0.39 is 0 Å². The van der Waals surface area contributed by atoms with E-state index in [9.17, 15) is 9.59 Å². The maximum Gasteiger partial charge on any atom is 0.255 e. The zero-order valence-electron chi connectivity index (χ0n) is 12.7.